The van der Waals surface area contributed by atoms with Gasteiger partial charge >= 0.3 is 5.97 Å². The van der Waals surface area contributed by atoms with Crippen LogP contribution < -0.4 is 0 Å². The van der Waals surface area contributed by atoms with Crippen LogP contribution in [0.15, 0.2) is 18.2 Å². The fraction of sp³-hybridized carbons (Fsp3) is 0.273. The third-order valence-corrected chi connectivity index (χ3v) is 3.37. The monoisotopic (exact) mass is 255 g/mol. The predicted octanol–water partition coefficient (Wildman–Crippen LogP) is 2.19. The van der Waals surface area contributed by atoms with Gasteiger partial charge in [0.1, 0.15) is 5.82 Å². The molecule has 1 N–H and O–H groups in total. The van der Waals surface area contributed by atoms with Crippen LogP contribution in [0.2, 0.25) is 0 Å². The highest BCUT2D eigenvalue weighted by Crippen LogP contribution is 2.20. The van der Waals surface area contributed by atoms with Crippen molar-refractivity contribution in [2.45, 2.75) is 6.54 Å². The smallest absolute Gasteiger partial charge is 0.338 e. The van der Waals surface area contributed by atoms with Crippen molar-refractivity contribution in [3.05, 3.63) is 35.1 Å². The number of thioether (sulfide) groups is 1. The predicted molar refractivity (Wildman–Crippen MR) is 61.6 cm³/mol. The normalized spacial score (nSPS) is 15.4. The number of carbonyl (C=O) groups is 2. The summed E-state index contributed by atoms with van der Waals surface area (Å²) in [6.45, 7) is 0.967. The average molecular weight is 255 g/mol. The molecule has 1 fully saturated rings. The molecule has 1 aromatic carbocycles. The zero-order valence-electron chi connectivity index (χ0n) is 8.85. The molecule has 1 saturated heterocycles. The maximum atomic E-state index is 13.4. The first-order chi connectivity index (χ1) is 8.08. The first-order valence-corrected chi connectivity index (χ1v) is 6.00. The maximum absolute atomic E-state index is 13.4. The van der Waals surface area contributed by atoms with Gasteiger partial charge in [-0.1, -0.05) is 17.8 Å². The largest absolute Gasteiger partial charge is 0.478 e. The van der Waals surface area contributed by atoms with Crippen LogP contribution in [-0.4, -0.2) is 33.5 Å². The minimum Gasteiger partial charge on any atom is -0.478 e. The second-order valence-corrected chi connectivity index (χ2v) is 4.70. The number of carboxylic acid groups (broad SMARTS) is 1. The molecule has 1 aliphatic rings. The molecule has 0 aliphatic carbocycles. The first kappa shape index (κ1) is 11.9. The van der Waals surface area contributed by atoms with Gasteiger partial charge in [0.2, 0.25) is 0 Å². The molecule has 1 amide bonds. The molecule has 4 nitrogen and oxygen atoms in total. The molecule has 6 heteroatoms. The van der Waals surface area contributed by atoms with Crippen molar-refractivity contribution >= 4 is 23.0 Å². The molecule has 1 aromatic rings. The van der Waals surface area contributed by atoms with Gasteiger partial charge in [-0.05, 0) is 17.7 Å². The highest BCUT2D eigenvalue weighted by molar-refractivity contribution is 8.13. The molecule has 0 spiro atoms. The van der Waals surface area contributed by atoms with E-state index in [1.54, 1.807) is 4.90 Å². The van der Waals surface area contributed by atoms with E-state index in [2.05, 4.69) is 0 Å². The molecule has 0 bridgehead atoms. The molecule has 0 atom stereocenters. The Hall–Kier alpha value is -1.56. The van der Waals surface area contributed by atoms with E-state index in [9.17, 15) is 14.0 Å². The fourth-order valence-electron chi connectivity index (χ4n) is 1.62. The van der Waals surface area contributed by atoms with Gasteiger partial charge in [-0.3, -0.25) is 4.79 Å². The summed E-state index contributed by atoms with van der Waals surface area (Å²) < 4.78 is 13.4. The minimum absolute atomic E-state index is 0.0206. The molecular weight excluding hydrogens is 245 g/mol. The van der Waals surface area contributed by atoms with Crippen molar-refractivity contribution in [2.24, 2.45) is 0 Å². The van der Waals surface area contributed by atoms with Gasteiger partial charge in [0, 0.05) is 18.8 Å². The van der Waals surface area contributed by atoms with Crippen LogP contribution >= 0.6 is 11.8 Å². The van der Waals surface area contributed by atoms with E-state index in [1.165, 1.54) is 30.0 Å². The zero-order chi connectivity index (χ0) is 12.4. The van der Waals surface area contributed by atoms with Crippen LogP contribution in [0.1, 0.15) is 15.9 Å². The molecule has 17 heavy (non-hydrogen) atoms. The third kappa shape index (κ3) is 2.58. The van der Waals surface area contributed by atoms with Crippen LogP contribution in [0.25, 0.3) is 0 Å². The summed E-state index contributed by atoms with van der Waals surface area (Å²) in [6, 6.07) is 3.92. The molecule has 1 aliphatic heterocycles. The topological polar surface area (TPSA) is 57.6 Å². The number of hydrogen-bond acceptors (Lipinski definition) is 3. The van der Waals surface area contributed by atoms with Gasteiger partial charge in [0.05, 0.1) is 5.56 Å². The number of aromatic carboxylic acids is 1. The Kier molecular flexibility index (Phi) is 3.33. The van der Waals surface area contributed by atoms with Gasteiger partial charge in [-0.2, -0.15) is 0 Å². The number of nitrogens with zero attached hydrogens (tertiary/aromatic N) is 1. The third-order valence-electron chi connectivity index (χ3n) is 2.48. The molecule has 0 unspecified atom stereocenters. The highest BCUT2D eigenvalue weighted by atomic mass is 32.2. The summed E-state index contributed by atoms with van der Waals surface area (Å²) in [5, 5.41) is 8.65. The number of rotatable bonds is 3. The Morgan fingerprint density at radius 1 is 1.53 bits per heavy atom. The Balaban J connectivity index is 2.15. The molecule has 0 radical (unpaired) electrons. The van der Waals surface area contributed by atoms with E-state index < -0.39 is 11.8 Å². The van der Waals surface area contributed by atoms with Crippen molar-refractivity contribution in [3.8, 4) is 0 Å². The molecule has 1 heterocycles. The molecular formula is C11H10FNO3S. The van der Waals surface area contributed by atoms with Crippen LogP contribution in [-0.2, 0) is 6.54 Å². The van der Waals surface area contributed by atoms with Crippen molar-refractivity contribution in [2.75, 3.05) is 12.3 Å². The van der Waals surface area contributed by atoms with Gasteiger partial charge in [-0.25, -0.2) is 9.18 Å². The van der Waals surface area contributed by atoms with E-state index in [0.29, 0.717) is 18.7 Å². The summed E-state index contributed by atoms with van der Waals surface area (Å²) >= 11 is 1.24. The second kappa shape index (κ2) is 4.75. The number of carbonyl (C=O) groups excluding carboxylic acids is 1. The fourth-order valence-corrected chi connectivity index (χ4v) is 2.44. The summed E-state index contributed by atoms with van der Waals surface area (Å²) in [4.78, 5) is 23.6. The standard InChI is InChI=1S/C11H10FNO3S/c12-9-5-7(1-2-8(9)10(14)15)6-13-3-4-17-11(13)16/h1-2,5H,3-4,6H2,(H,14,15). The van der Waals surface area contributed by atoms with Gasteiger partial charge in [0.15, 0.2) is 0 Å². The van der Waals surface area contributed by atoms with Crippen molar-refractivity contribution < 1.29 is 19.1 Å². The van der Waals surface area contributed by atoms with Crippen LogP contribution in [0.4, 0.5) is 9.18 Å². The molecule has 2 rings (SSSR count). The van der Waals surface area contributed by atoms with E-state index in [-0.39, 0.29) is 10.8 Å². The van der Waals surface area contributed by atoms with Crippen LogP contribution in [0.5, 0.6) is 0 Å². The van der Waals surface area contributed by atoms with Crippen LogP contribution in [0.3, 0.4) is 0 Å². The lowest BCUT2D eigenvalue weighted by Crippen LogP contribution is -2.22. The number of hydrogen-bond donors (Lipinski definition) is 1. The van der Waals surface area contributed by atoms with Gasteiger partial charge in [0.25, 0.3) is 5.24 Å². The van der Waals surface area contributed by atoms with E-state index in [0.717, 1.165) is 5.75 Å². The Labute approximate surface area is 101 Å². The van der Waals surface area contributed by atoms with Crippen molar-refractivity contribution in [1.82, 2.24) is 4.90 Å². The summed E-state index contributed by atoms with van der Waals surface area (Å²) in [6.07, 6.45) is 0. The van der Waals surface area contributed by atoms with E-state index >= 15 is 0 Å². The van der Waals surface area contributed by atoms with E-state index in [4.69, 9.17) is 5.11 Å². The summed E-state index contributed by atoms with van der Waals surface area (Å²) in [5.41, 5.74) is 0.249. The Morgan fingerprint density at radius 2 is 2.29 bits per heavy atom. The minimum atomic E-state index is -1.29. The maximum Gasteiger partial charge on any atom is 0.338 e. The molecule has 0 aromatic heterocycles. The molecule has 90 valence electrons. The zero-order valence-corrected chi connectivity index (χ0v) is 9.67. The number of benzene rings is 1. The number of halogens is 1. The summed E-state index contributed by atoms with van der Waals surface area (Å²) in [5.74, 6) is -1.31. The number of carboxylic acids is 1. The number of amides is 1. The quantitative estimate of drug-likeness (QED) is 0.899. The first-order valence-electron chi connectivity index (χ1n) is 5.01. The Bertz CT molecular complexity index is 478. The van der Waals surface area contributed by atoms with Crippen molar-refractivity contribution in [3.63, 3.8) is 0 Å². The van der Waals surface area contributed by atoms with Crippen LogP contribution in [0, 0.1) is 5.82 Å². The average Bonchev–Trinajstić information content (AvgIpc) is 2.64. The summed E-state index contributed by atoms with van der Waals surface area (Å²) in [7, 11) is 0. The molecule has 0 saturated carbocycles. The van der Waals surface area contributed by atoms with Gasteiger partial charge < -0.3 is 10.0 Å². The van der Waals surface area contributed by atoms with E-state index in [1.807, 2.05) is 0 Å². The lowest BCUT2D eigenvalue weighted by atomic mass is 10.1. The Morgan fingerprint density at radius 3 is 2.82 bits per heavy atom. The second-order valence-electron chi connectivity index (χ2n) is 3.66. The van der Waals surface area contributed by atoms with Gasteiger partial charge in [-0.15, -0.1) is 0 Å². The lowest BCUT2D eigenvalue weighted by Gasteiger charge is -2.14. The SMILES string of the molecule is O=C(O)c1ccc(CN2CCSC2=O)cc1F. The van der Waals surface area contributed by atoms with Crippen molar-refractivity contribution in [1.29, 1.82) is 0 Å². The highest BCUT2D eigenvalue weighted by Gasteiger charge is 2.21. The lowest BCUT2D eigenvalue weighted by molar-refractivity contribution is 0.0692.